The minimum atomic E-state index is -0.816. The Labute approximate surface area is 51.7 Å². The molecule has 0 spiro atoms. The molecule has 0 fully saturated rings. The Balaban J connectivity index is 3.37. The molecule has 0 aliphatic rings. The molecule has 0 saturated carbocycles. The van der Waals surface area contributed by atoms with E-state index >= 15 is 0 Å². The lowest BCUT2D eigenvalue weighted by atomic mass is 10.8. The number of primary amides is 1. The molecule has 0 aromatic heterocycles. The van der Waals surface area contributed by atoms with Gasteiger partial charge in [0.15, 0.2) is 13.0 Å². The number of nitrogens with zero attached hydrogens (tertiary/aromatic N) is 1. The fourth-order valence-electron chi connectivity index (χ4n) is 0.189. The normalized spacial score (nSPS) is 6.67. The van der Waals surface area contributed by atoms with Gasteiger partial charge in [-0.3, -0.25) is 5.41 Å². The lowest BCUT2D eigenvalue weighted by Crippen LogP contribution is -2.00. The summed E-state index contributed by atoms with van der Waals surface area (Å²) in [6.45, 7) is -0.0214. The number of amides is 2. The highest BCUT2D eigenvalue weighted by Gasteiger charge is 1.92. The summed E-state index contributed by atoms with van der Waals surface area (Å²) < 4.78 is 4.31. The quantitative estimate of drug-likeness (QED) is 0.312. The Morgan fingerprint density at radius 1 is 2.00 bits per heavy atom. The topological polar surface area (TPSA) is 80.5 Å². The molecular formula is C4H6N3O2+. The Kier molecular flexibility index (Phi) is 3.79. The van der Waals surface area contributed by atoms with Crippen LogP contribution in [0.3, 0.4) is 0 Å². The number of carbonyl (C=O) groups is 1. The first-order valence-electron chi connectivity index (χ1n) is 2.11. The zero-order chi connectivity index (χ0) is 7.11. The van der Waals surface area contributed by atoms with Crippen molar-refractivity contribution < 1.29 is 9.53 Å². The maximum atomic E-state index is 9.84. The fraction of sp³-hybridized carbons (Fsp3) is 0.250. The standard InChI is InChI=1S/C4H5N3O2/c5-3-9-2-1-7-4(6)8/h3,5H,2H2,(H-,6,8)/p+1. The first-order valence-corrected chi connectivity index (χ1v) is 2.11. The smallest absolute Gasteiger partial charge is 0.467 e. The van der Waals surface area contributed by atoms with E-state index in [1.165, 1.54) is 0 Å². The molecule has 3 N–H and O–H groups in total. The number of urea groups is 1. The summed E-state index contributed by atoms with van der Waals surface area (Å²) in [7, 11) is 0. The van der Waals surface area contributed by atoms with Gasteiger partial charge in [0, 0.05) is 0 Å². The largest absolute Gasteiger partial charge is 0.595 e. The lowest BCUT2D eigenvalue weighted by Gasteiger charge is -1.80. The van der Waals surface area contributed by atoms with E-state index in [0.717, 1.165) is 6.40 Å². The van der Waals surface area contributed by atoms with Crippen LogP contribution in [0.5, 0.6) is 0 Å². The van der Waals surface area contributed by atoms with E-state index in [0.29, 0.717) is 0 Å². The molecule has 5 nitrogen and oxygen atoms in total. The van der Waals surface area contributed by atoms with E-state index in [-0.39, 0.29) is 6.61 Å². The van der Waals surface area contributed by atoms with Gasteiger partial charge in [0.1, 0.15) is 0 Å². The van der Waals surface area contributed by atoms with Crippen molar-refractivity contribution in [2.75, 3.05) is 6.61 Å². The summed E-state index contributed by atoms with van der Waals surface area (Å²) in [6, 6.07) is 1.35. The van der Waals surface area contributed by atoms with E-state index in [2.05, 4.69) is 21.4 Å². The van der Waals surface area contributed by atoms with Crippen molar-refractivity contribution in [2.45, 2.75) is 0 Å². The van der Waals surface area contributed by atoms with E-state index in [1.54, 1.807) is 0 Å². The van der Waals surface area contributed by atoms with E-state index in [9.17, 15) is 4.79 Å². The van der Waals surface area contributed by atoms with Gasteiger partial charge in [0.2, 0.25) is 6.07 Å². The Morgan fingerprint density at radius 2 is 2.67 bits per heavy atom. The predicted octanol–water partition coefficient (Wildman–Crippen LogP) is 0.0217. The van der Waals surface area contributed by atoms with Crippen molar-refractivity contribution in [2.24, 2.45) is 5.73 Å². The minimum Gasteiger partial charge on any atom is -0.467 e. The molecule has 0 unspecified atom stereocenters. The Bertz CT molecular complexity index is 166. The van der Waals surface area contributed by atoms with E-state index in [4.69, 9.17) is 5.41 Å². The summed E-state index contributed by atoms with van der Waals surface area (Å²) >= 11 is 0. The molecule has 0 rings (SSSR count). The number of rotatable bonds is 2. The van der Waals surface area contributed by atoms with Crippen LogP contribution in [0.1, 0.15) is 0 Å². The van der Waals surface area contributed by atoms with Crippen LogP contribution in [0.2, 0.25) is 0 Å². The van der Waals surface area contributed by atoms with Crippen LogP contribution in [0.25, 0.3) is 4.85 Å². The number of hydrogen-bond donors (Lipinski definition) is 2. The highest BCUT2D eigenvalue weighted by Crippen LogP contribution is 1.67. The molecule has 0 atom stereocenters. The summed E-state index contributed by atoms with van der Waals surface area (Å²) in [4.78, 5) is 12.9. The molecule has 0 bridgehead atoms. The first-order chi connectivity index (χ1) is 4.27. The molecule has 0 aromatic carbocycles. The highest BCUT2D eigenvalue weighted by atomic mass is 16.5. The number of ether oxygens (including phenoxy) is 1. The number of nitrogens with one attached hydrogen (secondary N) is 1. The second-order valence-corrected chi connectivity index (χ2v) is 1.04. The molecule has 48 valence electrons. The average Bonchev–Trinajstić information content (AvgIpc) is 1.80. The third kappa shape index (κ3) is 6.43. The fourth-order valence-corrected chi connectivity index (χ4v) is 0.189. The monoisotopic (exact) mass is 128 g/mol. The molecular weight excluding hydrogens is 122 g/mol. The minimum absolute atomic E-state index is 0.0214. The molecule has 0 aromatic rings. The van der Waals surface area contributed by atoms with Gasteiger partial charge in [0.05, 0.1) is 0 Å². The summed E-state index contributed by atoms with van der Waals surface area (Å²) in [6.07, 6.45) is 0.726. The van der Waals surface area contributed by atoms with E-state index < -0.39 is 6.03 Å². The number of carbonyl (C=O) groups excluding carboxylic acids is 1. The second kappa shape index (κ2) is 4.59. The average molecular weight is 128 g/mol. The number of nitrogens with two attached hydrogens (primary N) is 1. The van der Waals surface area contributed by atoms with Crippen molar-refractivity contribution in [3.05, 3.63) is 4.85 Å². The maximum absolute atomic E-state index is 9.84. The van der Waals surface area contributed by atoms with Gasteiger partial charge in [-0.15, -0.1) is 4.85 Å². The van der Waals surface area contributed by atoms with Crippen molar-refractivity contribution in [1.82, 2.24) is 0 Å². The molecule has 0 aliphatic heterocycles. The van der Waals surface area contributed by atoms with Gasteiger partial charge in [-0.05, 0) is 0 Å². The van der Waals surface area contributed by atoms with Crippen molar-refractivity contribution in [3.63, 3.8) is 0 Å². The molecule has 0 aliphatic carbocycles. The molecule has 5 heteroatoms. The van der Waals surface area contributed by atoms with Crippen LogP contribution in [-0.2, 0) is 4.74 Å². The van der Waals surface area contributed by atoms with Crippen LogP contribution >= 0.6 is 0 Å². The molecule has 0 saturated heterocycles. The van der Waals surface area contributed by atoms with Gasteiger partial charge >= 0.3 is 6.03 Å². The maximum Gasteiger partial charge on any atom is 0.595 e. The van der Waals surface area contributed by atoms with Crippen LogP contribution < -0.4 is 5.73 Å². The van der Waals surface area contributed by atoms with Gasteiger partial charge in [0.25, 0.3) is 0 Å². The molecule has 2 amide bonds. The van der Waals surface area contributed by atoms with Crippen LogP contribution in [-0.4, -0.2) is 19.0 Å². The van der Waals surface area contributed by atoms with Gasteiger partial charge < -0.3 is 4.74 Å². The van der Waals surface area contributed by atoms with Gasteiger partial charge in [-0.2, -0.15) is 4.79 Å². The summed E-state index contributed by atoms with van der Waals surface area (Å²) in [5, 5.41) is 6.34. The highest BCUT2D eigenvalue weighted by molar-refractivity contribution is 5.82. The number of hydrogen-bond acceptors (Lipinski definition) is 3. The Morgan fingerprint density at radius 3 is 3.11 bits per heavy atom. The van der Waals surface area contributed by atoms with Gasteiger partial charge in [-0.25, -0.2) is 5.73 Å². The van der Waals surface area contributed by atoms with Crippen molar-refractivity contribution >= 4 is 12.4 Å². The molecule has 9 heavy (non-hydrogen) atoms. The second-order valence-electron chi connectivity index (χ2n) is 1.04. The Hall–Kier alpha value is -1.57. The first kappa shape index (κ1) is 7.43. The van der Waals surface area contributed by atoms with Crippen LogP contribution in [0.4, 0.5) is 4.79 Å². The molecule has 0 radical (unpaired) electrons. The third-order valence-corrected chi connectivity index (χ3v) is 0.420. The van der Waals surface area contributed by atoms with Crippen molar-refractivity contribution in [1.29, 1.82) is 5.41 Å². The third-order valence-electron chi connectivity index (χ3n) is 0.420. The van der Waals surface area contributed by atoms with Crippen LogP contribution in [0, 0.1) is 11.5 Å². The SMILES string of the molecule is N=COCC#[N+]C(N)=O. The summed E-state index contributed by atoms with van der Waals surface area (Å²) in [5.41, 5.74) is 4.59. The lowest BCUT2D eigenvalue weighted by molar-refractivity contribution is 0.261. The zero-order valence-corrected chi connectivity index (χ0v) is 4.63. The predicted molar refractivity (Wildman–Crippen MR) is 31.6 cm³/mol. The van der Waals surface area contributed by atoms with Crippen LogP contribution in [0.15, 0.2) is 0 Å². The molecule has 0 heterocycles. The summed E-state index contributed by atoms with van der Waals surface area (Å²) in [5.74, 6) is 0. The van der Waals surface area contributed by atoms with Crippen molar-refractivity contribution in [3.8, 4) is 6.07 Å². The van der Waals surface area contributed by atoms with Gasteiger partial charge in [-0.1, -0.05) is 0 Å². The van der Waals surface area contributed by atoms with E-state index in [1.807, 2.05) is 0 Å². The zero-order valence-electron chi connectivity index (χ0n) is 4.63.